The summed E-state index contributed by atoms with van der Waals surface area (Å²) in [5.74, 6) is -2.23. The van der Waals surface area contributed by atoms with Gasteiger partial charge in [-0.15, -0.1) is 0 Å². The van der Waals surface area contributed by atoms with Crippen LogP contribution in [0.4, 0.5) is 13.2 Å². The van der Waals surface area contributed by atoms with Crippen LogP contribution >= 0.6 is 0 Å². The number of rotatable bonds is 3. The van der Waals surface area contributed by atoms with Gasteiger partial charge in [-0.2, -0.15) is 18.4 Å². The molecule has 5 rings (SSSR count). The second-order valence-corrected chi connectivity index (χ2v) is 9.34. The molecule has 0 bridgehead atoms. The number of aromatic nitrogens is 1. The highest BCUT2D eigenvalue weighted by molar-refractivity contribution is 6.07. The van der Waals surface area contributed by atoms with E-state index in [4.69, 9.17) is 30.1 Å². The lowest BCUT2D eigenvalue weighted by Gasteiger charge is -2.47. The molecule has 3 heterocycles. The Morgan fingerprint density at radius 1 is 1.31 bits per heavy atom. The molecule has 1 aliphatic carbocycles. The number of carboxylic acids is 1. The summed E-state index contributed by atoms with van der Waals surface area (Å²) in [6.45, 7) is 2.60. The fraction of sp³-hybridized carbons (Fsp3) is 0.423. The Labute approximate surface area is 221 Å². The summed E-state index contributed by atoms with van der Waals surface area (Å²) < 4.78 is 44.1. The van der Waals surface area contributed by atoms with E-state index in [0.29, 0.717) is 29.9 Å². The van der Waals surface area contributed by atoms with Crippen LogP contribution in [0.5, 0.6) is 5.75 Å². The Bertz CT molecular complexity index is 1360. The number of guanidine groups is 1. The third-order valence-corrected chi connectivity index (χ3v) is 7.05. The number of nitriles is 1. The number of halogens is 3. The first-order chi connectivity index (χ1) is 18.4. The summed E-state index contributed by atoms with van der Waals surface area (Å²) in [5.41, 5.74) is 7.82. The average molecular weight is 546 g/mol. The Morgan fingerprint density at radius 3 is 2.62 bits per heavy atom. The molecule has 0 unspecified atom stereocenters. The molecule has 1 aromatic heterocycles. The van der Waals surface area contributed by atoms with Gasteiger partial charge in [0.05, 0.1) is 11.7 Å². The highest BCUT2D eigenvalue weighted by Crippen LogP contribution is 2.54. The Balaban J connectivity index is 0.000000448. The van der Waals surface area contributed by atoms with Crippen molar-refractivity contribution in [1.82, 2.24) is 9.88 Å². The maximum Gasteiger partial charge on any atom is 0.490 e. The molecule has 0 saturated heterocycles. The zero-order chi connectivity index (χ0) is 28.5. The van der Waals surface area contributed by atoms with Crippen LogP contribution in [0.15, 0.2) is 41.7 Å². The zero-order valence-corrected chi connectivity index (χ0v) is 21.1. The molecule has 1 saturated carbocycles. The van der Waals surface area contributed by atoms with Crippen molar-refractivity contribution in [2.75, 3.05) is 13.7 Å². The lowest BCUT2D eigenvalue weighted by molar-refractivity contribution is -0.192. The molecule has 4 atom stereocenters. The lowest BCUT2D eigenvalue weighted by Crippen LogP contribution is -2.55. The normalized spacial score (nSPS) is 25.4. The molecule has 10 nitrogen and oxygen atoms in total. The number of alkyl halides is 3. The van der Waals surface area contributed by atoms with Gasteiger partial charge in [0, 0.05) is 43.1 Å². The van der Waals surface area contributed by atoms with Gasteiger partial charge in [0.15, 0.2) is 11.5 Å². The van der Waals surface area contributed by atoms with Crippen molar-refractivity contribution in [3.05, 3.63) is 47.8 Å². The predicted octanol–water partition coefficient (Wildman–Crippen LogP) is 3.20. The second-order valence-electron chi connectivity index (χ2n) is 9.34. The Hall–Kier alpha value is -4.18. The summed E-state index contributed by atoms with van der Waals surface area (Å²) in [6.07, 6.45) is 0.400. The molecule has 206 valence electrons. The number of hydrogen-bond donors (Lipinski definition) is 2. The van der Waals surface area contributed by atoms with E-state index in [2.05, 4.69) is 11.1 Å². The number of carbonyl (C=O) groups is 2. The molecule has 1 spiro atoms. The SMILES string of the molecule is CCO[C@H]1CC[C@@H]2Oc3ccc(-c4cncc(C#N)c4)cc3[C@]3(N=C(N)N(C)C3=O)[C@H]2C1.O=C(O)C(F)(F)F. The molecule has 3 aliphatic rings. The smallest absolute Gasteiger partial charge is 0.490 e. The van der Waals surface area contributed by atoms with Crippen molar-refractivity contribution in [2.45, 2.75) is 50.1 Å². The first-order valence-electron chi connectivity index (χ1n) is 12.1. The van der Waals surface area contributed by atoms with Gasteiger partial charge in [0.2, 0.25) is 0 Å². The van der Waals surface area contributed by atoms with Crippen molar-refractivity contribution < 1.29 is 37.3 Å². The van der Waals surface area contributed by atoms with E-state index in [0.717, 1.165) is 24.0 Å². The van der Waals surface area contributed by atoms with Gasteiger partial charge < -0.3 is 20.3 Å². The van der Waals surface area contributed by atoms with Gasteiger partial charge in [-0.1, -0.05) is 6.07 Å². The monoisotopic (exact) mass is 545 g/mol. The lowest BCUT2D eigenvalue weighted by atomic mass is 9.66. The molecular weight excluding hydrogens is 519 g/mol. The minimum absolute atomic E-state index is 0.0538. The molecule has 0 radical (unpaired) electrons. The van der Waals surface area contributed by atoms with E-state index in [1.165, 1.54) is 11.1 Å². The summed E-state index contributed by atoms with van der Waals surface area (Å²) in [4.78, 5) is 33.0. The number of benzene rings is 1. The number of ether oxygens (including phenoxy) is 2. The van der Waals surface area contributed by atoms with E-state index in [-0.39, 0.29) is 30.0 Å². The number of carboxylic acid groups (broad SMARTS) is 1. The van der Waals surface area contributed by atoms with Gasteiger partial charge in [-0.3, -0.25) is 14.7 Å². The number of aliphatic imine (C=N–C) groups is 1. The van der Waals surface area contributed by atoms with Gasteiger partial charge in [0.1, 0.15) is 17.9 Å². The van der Waals surface area contributed by atoms with E-state index in [9.17, 15) is 23.2 Å². The predicted molar refractivity (Wildman–Crippen MR) is 131 cm³/mol. The number of likely N-dealkylation sites (N-methyl/N-ethyl adjacent to an activating group) is 1. The van der Waals surface area contributed by atoms with Crippen LogP contribution in [0.25, 0.3) is 11.1 Å². The summed E-state index contributed by atoms with van der Waals surface area (Å²) in [6, 6.07) is 9.64. The third kappa shape index (κ3) is 5.12. The summed E-state index contributed by atoms with van der Waals surface area (Å²) >= 11 is 0. The fourth-order valence-electron chi connectivity index (χ4n) is 5.28. The van der Waals surface area contributed by atoms with E-state index >= 15 is 0 Å². The summed E-state index contributed by atoms with van der Waals surface area (Å²) in [7, 11) is 1.66. The first-order valence-corrected chi connectivity index (χ1v) is 12.1. The average Bonchev–Trinajstić information content (AvgIpc) is 3.13. The van der Waals surface area contributed by atoms with Gasteiger partial charge in [0.25, 0.3) is 5.91 Å². The van der Waals surface area contributed by atoms with Crippen LogP contribution in [0, 0.1) is 17.2 Å². The number of amides is 1. The van der Waals surface area contributed by atoms with Crippen molar-refractivity contribution in [2.24, 2.45) is 16.6 Å². The zero-order valence-electron chi connectivity index (χ0n) is 21.1. The number of carbonyl (C=O) groups excluding carboxylic acids is 1. The molecule has 39 heavy (non-hydrogen) atoms. The molecule has 13 heteroatoms. The number of nitrogens with two attached hydrogens (primary N) is 1. The van der Waals surface area contributed by atoms with Crippen LogP contribution in [0.3, 0.4) is 0 Å². The Morgan fingerprint density at radius 2 is 2.03 bits per heavy atom. The van der Waals surface area contributed by atoms with Crippen LogP contribution < -0.4 is 10.5 Å². The summed E-state index contributed by atoms with van der Waals surface area (Å²) in [5, 5.41) is 16.4. The van der Waals surface area contributed by atoms with Gasteiger partial charge in [-0.05, 0) is 49.9 Å². The molecular formula is C26H26F3N5O5. The van der Waals surface area contributed by atoms with Crippen LogP contribution in [-0.2, 0) is 19.9 Å². The first kappa shape index (κ1) is 27.8. The molecule has 2 aromatic rings. The number of fused-ring (bicyclic) bond motifs is 4. The van der Waals surface area contributed by atoms with Crippen LogP contribution in [0.1, 0.15) is 37.3 Å². The van der Waals surface area contributed by atoms with Crippen molar-refractivity contribution >= 4 is 17.8 Å². The fourth-order valence-corrected chi connectivity index (χ4v) is 5.28. The minimum atomic E-state index is -5.08. The molecule has 1 aromatic carbocycles. The maximum absolute atomic E-state index is 13.7. The van der Waals surface area contributed by atoms with Crippen molar-refractivity contribution in [3.8, 4) is 22.9 Å². The number of pyridine rings is 1. The van der Waals surface area contributed by atoms with E-state index < -0.39 is 17.7 Å². The van der Waals surface area contributed by atoms with Crippen molar-refractivity contribution in [3.63, 3.8) is 0 Å². The molecule has 3 N–H and O–H groups in total. The highest BCUT2D eigenvalue weighted by atomic mass is 19.4. The van der Waals surface area contributed by atoms with Crippen LogP contribution in [0.2, 0.25) is 0 Å². The van der Waals surface area contributed by atoms with Gasteiger partial charge in [-0.25, -0.2) is 9.79 Å². The Kier molecular flexibility index (Phi) is 7.52. The number of hydrogen-bond acceptors (Lipinski definition) is 8. The number of nitrogens with zero attached hydrogens (tertiary/aromatic N) is 4. The van der Waals surface area contributed by atoms with E-state index in [1.54, 1.807) is 19.3 Å². The van der Waals surface area contributed by atoms with Crippen LogP contribution in [-0.4, -0.2) is 64.9 Å². The number of aliphatic carboxylic acids is 1. The largest absolute Gasteiger partial charge is 0.490 e. The molecule has 1 amide bonds. The standard InChI is InChI=1S/C24H25N5O3.C2HF3O2/c1-3-31-17-5-7-21-19(10-17)24(22(30)29(2)23(26)28-24)18-9-15(4-6-20(18)32-21)16-8-14(11-25)12-27-13-16;3-2(4,5)1(6)7/h4,6,8-9,12-13,17,19,21H,3,5,7,10H2,1-2H3,(H2,26,28);(H,6,7)/t17-,19-,21-,24-;/m0./s1. The third-order valence-electron chi connectivity index (χ3n) is 7.05. The highest BCUT2D eigenvalue weighted by Gasteiger charge is 2.61. The van der Waals surface area contributed by atoms with E-state index in [1.807, 2.05) is 25.1 Å². The van der Waals surface area contributed by atoms with Gasteiger partial charge >= 0.3 is 12.1 Å². The molecule has 1 fully saturated rings. The topological polar surface area (TPSA) is 151 Å². The quantitative estimate of drug-likeness (QED) is 0.597. The molecule has 2 aliphatic heterocycles. The maximum atomic E-state index is 13.7. The minimum Gasteiger partial charge on any atom is -0.490 e. The second kappa shape index (κ2) is 10.5. The van der Waals surface area contributed by atoms with Crippen molar-refractivity contribution in [1.29, 1.82) is 5.26 Å².